The molecule has 96 valence electrons. The minimum Gasteiger partial charge on any atom is -0.494 e. The molecule has 0 radical (unpaired) electrons. The van der Waals surface area contributed by atoms with E-state index in [1.807, 2.05) is 17.8 Å². The van der Waals surface area contributed by atoms with Crippen LogP contribution in [0.4, 0.5) is 4.39 Å². The van der Waals surface area contributed by atoms with Gasteiger partial charge in [-0.1, -0.05) is 6.07 Å². The van der Waals surface area contributed by atoms with Crippen molar-refractivity contribution in [2.75, 3.05) is 25.7 Å². The summed E-state index contributed by atoms with van der Waals surface area (Å²) in [5, 5.41) is 3.31. The highest BCUT2D eigenvalue weighted by atomic mass is 32.2. The molecule has 0 atom stereocenters. The van der Waals surface area contributed by atoms with Crippen LogP contribution < -0.4 is 10.1 Å². The van der Waals surface area contributed by atoms with Crippen LogP contribution in [0.2, 0.25) is 0 Å². The Bertz CT molecular complexity index is 333. The van der Waals surface area contributed by atoms with Crippen molar-refractivity contribution in [3.63, 3.8) is 0 Å². The second-order valence-corrected chi connectivity index (χ2v) is 4.83. The number of benzene rings is 1. The van der Waals surface area contributed by atoms with Gasteiger partial charge in [0.1, 0.15) is 0 Å². The monoisotopic (exact) mass is 257 g/mol. The van der Waals surface area contributed by atoms with E-state index in [-0.39, 0.29) is 5.82 Å². The van der Waals surface area contributed by atoms with Crippen LogP contribution in [0, 0.1) is 5.82 Å². The van der Waals surface area contributed by atoms with E-state index in [1.54, 1.807) is 6.07 Å². The summed E-state index contributed by atoms with van der Waals surface area (Å²) in [7, 11) is 1.47. The van der Waals surface area contributed by atoms with Crippen LogP contribution in [0.5, 0.6) is 5.75 Å². The van der Waals surface area contributed by atoms with E-state index < -0.39 is 0 Å². The lowest BCUT2D eigenvalue weighted by Gasteiger charge is -2.07. The molecule has 0 saturated heterocycles. The molecule has 0 aromatic heterocycles. The predicted molar refractivity (Wildman–Crippen MR) is 72.3 cm³/mol. The molecule has 4 heteroatoms. The molecule has 1 aromatic rings. The maximum Gasteiger partial charge on any atom is 0.165 e. The first-order chi connectivity index (χ1) is 8.27. The highest BCUT2D eigenvalue weighted by molar-refractivity contribution is 7.98. The molecular formula is C13H20FNOS. The first-order valence-electron chi connectivity index (χ1n) is 5.80. The second-order valence-electron chi connectivity index (χ2n) is 3.85. The summed E-state index contributed by atoms with van der Waals surface area (Å²) in [5.41, 5.74) is 0.952. The van der Waals surface area contributed by atoms with Crippen LogP contribution in [0.15, 0.2) is 18.2 Å². The van der Waals surface area contributed by atoms with E-state index in [9.17, 15) is 4.39 Å². The molecule has 2 nitrogen and oxygen atoms in total. The largest absolute Gasteiger partial charge is 0.494 e. The van der Waals surface area contributed by atoms with Gasteiger partial charge in [-0.25, -0.2) is 4.39 Å². The molecule has 0 saturated carbocycles. The number of rotatable bonds is 8. The van der Waals surface area contributed by atoms with Crippen molar-refractivity contribution in [3.8, 4) is 5.75 Å². The summed E-state index contributed by atoms with van der Waals surface area (Å²) in [6.45, 7) is 1.69. The quantitative estimate of drug-likeness (QED) is 0.723. The van der Waals surface area contributed by atoms with Crippen LogP contribution in [-0.4, -0.2) is 25.7 Å². The summed E-state index contributed by atoms with van der Waals surface area (Å²) < 4.78 is 18.2. The molecule has 0 fully saturated rings. The van der Waals surface area contributed by atoms with Crippen molar-refractivity contribution in [1.29, 1.82) is 0 Å². The van der Waals surface area contributed by atoms with E-state index in [4.69, 9.17) is 4.74 Å². The van der Waals surface area contributed by atoms with Gasteiger partial charge in [-0.2, -0.15) is 11.8 Å². The van der Waals surface area contributed by atoms with Gasteiger partial charge in [-0.15, -0.1) is 0 Å². The zero-order chi connectivity index (χ0) is 12.5. The number of ether oxygens (including phenoxy) is 1. The highest BCUT2D eigenvalue weighted by Gasteiger charge is 2.02. The van der Waals surface area contributed by atoms with Gasteiger partial charge < -0.3 is 10.1 Å². The van der Waals surface area contributed by atoms with Crippen LogP contribution >= 0.6 is 11.8 Å². The van der Waals surface area contributed by atoms with Crippen molar-refractivity contribution >= 4 is 11.8 Å². The molecule has 0 unspecified atom stereocenters. The Morgan fingerprint density at radius 2 is 2.18 bits per heavy atom. The van der Waals surface area contributed by atoms with Crippen LogP contribution in [0.25, 0.3) is 0 Å². The van der Waals surface area contributed by atoms with Gasteiger partial charge in [0, 0.05) is 6.54 Å². The van der Waals surface area contributed by atoms with Crippen molar-refractivity contribution in [2.24, 2.45) is 0 Å². The van der Waals surface area contributed by atoms with Gasteiger partial charge in [0.15, 0.2) is 11.6 Å². The Balaban J connectivity index is 2.25. The molecule has 0 bridgehead atoms. The number of halogens is 1. The van der Waals surface area contributed by atoms with Gasteiger partial charge in [-0.3, -0.25) is 0 Å². The molecule has 1 rings (SSSR count). The van der Waals surface area contributed by atoms with Crippen molar-refractivity contribution in [2.45, 2.75) is 19.4 Å². The Morgan fingerprint density at radius 3 is 2.82 bits per heavy atom. The minimum absolute atomic E-state index is 0.297. The first kappa shape index (κ1) is 14.3. The number of nitrogens with one attached hydrogen (secondary N) is 1. The topological polar surface area (TPSA) is 21.3 Å². The van der Waals surface area contributed by atoms with Crippen LogP contribution in [-0.2, 0) is 6.54 Å². The zero-order valence-electron chi connectivity index (χ0n) is 10.5. The average Bonchev–Trinajstić information content (AvgIpc) is 2.34. The smallest absolute Gasteiger partial charge is 0.165 e. The van der Waals surface area contributed by atoms with Gasteiger partial charge in [0.25, 0.3) is 0 Å². The minimum atomic E-state index is -0.297. The molecule has 0 spiro atoms. The highest BCUT2D eigenvalue weighted by Crippen LogP contribution is 2.17. The third-order valence-corrected chi connectivity index (χ3v) is 3.19. The normalized spacial score (nSPS) is 10.5. The number of methoxy groups -OCH3 is 1. The van der Waals surface area contributed by atoms with Crippen molar-refractivity contribution in [1.82, 2.24) is 5.32 Å². The lowest BCUT2D eigenvalue weighted by molar-refractivity contribution is 0.386. The molecule has 0 amide bonds. The maximum absolute atomic E-state index is 13.4. The third kappa shape index (κ3) is 5.41. The summed E-state index contributed by atoms with van der Waals surface area (Å²) in [4.78, 5) is 0. The SMILES string of the molecule is COc1ccc(CNCCCCSC)cc1F. The average molecular weight is 257 g/mol. The molecule has 0 aliphatic heterocycles. The van der Waals surface area contributed by atoms with Crippen LogP contribution in [0.3, 0.4) is 0 Å². The molecule has 1 aromatic carbocycles. The Hall–Kier alpha value is -0.740. The zero-order valence-corrected chi connectivity index (χ0v) is 11.3. The summed E-state index contributed by atoms with van der Waals surface area (Å²) in [6.07, 6.45) is 4.51. The molecule has 0 aliphatic carbocycles. The third-order valence-electron chi connectivity index (χ3n) is 2.50. The van der Waals surface area contributed by atoms with E-state index in [2.05, 4.69) is 11.6 Å². The standard InChI is InChI=1S/C13H20FNOS/c1-16-13-6-5-11(9-12(13)14)10-15-7-3-4-8-17-2/h5-6,9,15H,3-4,7-8,10H2,1-2H3. The van der Waals surface area contributed by atoms with Gasteiger partial charge in [0.05, 0.1) is 7.11 Å². The molecule has 1 N–H and O–H groups in total. The fourth-order valence-corrected chi connectivity index (χ4v) is 2.04. The van der Waals surface area contributed by atoms with Gasteiger partial charge in [0.2, 0.25) is 0 Å². The van der Waals surface area contributed by atoms with Gasteiger partial charge >= 0.3 is 0 Å². The van der Waals surface area contributed by atoms with Crippen molar-refractivity contribution < 1.29 is 9.13 Å². The summed E-state index contributed by atoms with van der Waals surface area (Å²) >= 11 is 1.87. The number of unbranched alkanes of at least 4 members (excludes halogenated alkanes) is 1. The van der Waals surface area contributed by atoms with Crippen molar-refractivity contribution in [3.05, 3.63) is 29.6 Å². The number of hydrogen-bond donors (Lipinski definition) is 1. The molecule has 0 heterocycles. The van der Waals surface area contributed by atoms with E-state index in [0.717, 1.165) is 12.1 Å². The number of thioether (sulfide) groups is 1. The lowest BCUT2D eigenvalue weighted by atomic mass is 10.2. The first-order valence-corrected chi connectivity index (χ1v) is 7.19. The molecular weight excluding hydrogens is 237 g/mol. The Kier molecular flexibility index (Phi) is 7.05. The Labute approximate surface area is 107 Å². The number of hydrogen-bond acceptors (Lipinski definition) is 3. The van der Waals surface area contributed by atoms with E-state index in [1.165, 1.54) is 31.8 Å². The van der Waals surface area contributed by atoms with Gasteiger partial charge in [-0.05, 0) is 49.1 Å². The molecule has 0 aliphatic rings. The predicted octanol–water partition coefficient (Wildman–Crippen LogP) is 3.07. The lowest BCUT2D eigenvalue weighted by Crippen LogP contribution is -2.15. The fraction of sp³-hybridized carbons (Fsp3) is 0.538. The van der Waals surface area contributed by atoms with Crippen LogP contribution in [0.1, 0.15) is 18.4 Å². The fourth-order valence-electron chi connectivity index (χ4n) is 1.55. The summed E-state index contributed by atoms with van der Waals surface area (Å²) in [6, 6.07) is 5.07. The maximum atomic E-state index is 13.4. The second kappa shape index (κ2) is 8.37. The summed E-state index contributed by atoms with van der Waals surface area (Å²) in [5.74, 6) is 1.21. The Morgan fingerprint density at radius 1 is 1.35 bits per heavy atom. The van der Waals surface area contributed by atoms with E-state index >= 15 is 0 Å². The van der Waals surface area contributed by atoms with E-state index in [0.29, 0.717) is 12.3 Å². The molecule has 17 heavy (non-hydrogen) atoms.